The summed E-state index contributed by atoms with van der Waals surface area (Å²) in [4.78, 5) is 15.8. The second-order valence-corrected chi connectivity index (χ2v) is 5.13. The molecule has 24 heavy (non-hydrogen) atoms. The largest absolute Gasteiger partial charge is 0.468 e. The lowest BCUT2D eigenvalue weighted by Crippen LogP contribution is -2.40. The van der Waals surface area contributed by atoms with Crippen LogP contribution in [0.4, 0.5) is 13.2 Å². The van der Waals surface area contributed by atoms with Crippen molar-refractivity contribution in [2.24, 2.45) is 5.92 Å². The maximum absolute atomic E-state index is 12.2. The lowest BCUT2D eigenvalue weighted by atomic mass is 9.99. The highest BCUT2D eigenvalue weighted by molar-refractivity contribution is 5.85. The molecule has 0 aromatic carbocycles. The van der Waals surface area contributed by atoms with Crippen LogP contribution >= 0.6 is 24.8 Å². The van der Waals surface area contributed by atoms with Crippen LogP contribution in [0.2, 0.25) is 0 Å². The molecule has 1 atom stereocenters. The van der Waals surface area contributed by atoms with E-state index in [4.69, 9.17) is 0 Å². The maximum atomic E-state index is 12.2. The predicted octanol–water partition coefficient (Wildman–Crippen LogP) is 2.48. The van der Waals surface area contributed by atoms with E-state index < -0.39 is 12.8 Å². The Morgan fingerprint density at radius 3 is 2.79 bits per heavy atom. The van der Waals surface area contributed by atoms with Crippen LogP contribution in [0.1, 0.15) is 18.4 Å². The molecule has 1 unspecified atom stereocenters. The molecule has 0 spiro atoms. The first kappa shape index (κ1) is 22.8. The van der Waals surface area contributed by atoms with Gasteiger partial charge in [0.25, 0.3) is 0 Å². The molecule has 1 aromatic rings. The molecule has 0 bridgehead atoms. The SMILES string of the molecule is Cl.Cl.O=C(NCc1cccnc1OCC(F)(F)F)C1CCCNC1. The topological polar surface area (TPSA) is 63.2 Å². The van der Waals surface area contributed by atoms with E-state index in [0.717, 1.165) is 19.4 Å². The Morgan fingerprint density at radius 1 is 1.42 bits per heavy atom. The molecule has 1 amide bonds. The third-order valence-corrected chi connectivity index (χ3v) is 3.34. The molecule has 10 heteroatoms. The van der Waals surface area contributed by atoms with Gasteiger partial charge in [-0.05, 0) is 25.5 Å². The van der Waals surface area contributed by atoms with E-state index in [-0.39, 0.29) is 49.1 Å². The highest BCUT2D eigenvalue weighted by Gasteiger charge is 2.29. The zero-order valence-electron chi connectivity index (χ0n) is 12.8. The normalized spacial score (nSPS) is 17.2. The highest BCUT2D eigenvalue weighted by Crippen LogP contribution is 2.20. The van der Waals surface area contributed by atoms with Gasteiger partial charge in [-0.2, -0.15) is 13.2 Å². The monoisotopic (exact) mass is 389 g/mol. The molecule has 0 saturated carbocycles. The number of carbonyl (C=O) groups is 1. The lowest BCUT2D eigenvalue weighted by molar-refractivity contribution is -0.154. The van der Waals surface area contributed by atoms with Crippen LogP contribution in [0.15, 0.2) is 18.3 Å². The average molecular weight is 390 g/mol. The Labute approximate surface area is 150 Å². The fourth-order valence-corrected chi connectivity index (χ4v) is 2.24. The summed E-state index contributed by atoms with van der Waals surface area (Å²) in [5.74, 6) is -0.329. The molecule has 1 aromatic heterocycles. The Kier molecular flexibility index (Phi) is 10.0. The van der Waals surface area contributed by atoms with Crippen LogP contribution in [0, 0.1) is 5.92 Å². The fourth-order valence-electron chi connectivity index (χ4n) is 2.24. The van der Waals surface area contributed by atoms with E-state index in [1.807, 2.05) is 0 Å². The van der Waals surface area contributed by atoms with Crippen molar-refractivity contribution in [1.82, 2.24) is 15.6 Å². The zero-order valence-corrected chi connectivity index (χ0v) is 14.4. The summed E-state index contributed by atoms with van der Waals surface area (Å²) in [6.45, 7) is 0.214. The van der Waals surface area contributed by atoms with Crippen molar-refractivity contribution in [3.8, 4) is 5.88 Å². The molecule has 138 valence electrons. The van der Waals surface area contributed by atoms with Gasteiger partial charge in [0.15, 0.2) is 6.61 Å². The number of halogens is 5. The molecule has 2 rings (SSSR count). The van der Waals surface area contributed by atoms with Crippen LogP contribution in [-0.2, 0) is 11.3 Å². The van der Waals surface area contributed by atoms with Crippen molar-refractivity contribution < 1.29 is 22.7 Å². The summed E-state index contributed by atoms with van der Waals surface area (Å²) in [5.41, 5.74) is 0.420. The van der Waals surface area contributed by atoms with E-state index in [9.17, 15) is 18.0 Å². The van der Waals surface area contributed by atoms with Crippen LogP contribution in [0.25, 0.3) is 0 Å². The van der Waals surface area contributed by atoms with Crippen molar-refractivity contribution in [2.75, 3.05) is 19.7 Å². The van der Waals surface area contributed by atoms with Crippen LogP contribution in [0.5, 0.6) is 5.88 Å². The minimum atomic E-state index is -4.42. The van der Waals surface area contributed by atoms with E-state index >= 15 is 0 Å². The molecule has 2 N–H and O–H groups in total. The molecular formula is C14H20Cl2F3N3O2. The predicted molar refractivity (Wildman–Crippen MR) is 87.7 cm³/mol. The van der Waals surface area contributed by atoms with Crippen molar-refractivity contribution in [3.05, 3.63) is 23.9 Å². The van der Waals surface area contributed by atoms with Gasteiger partial charge < -0.3 is 15.4 Å². The first-order valence-corrected chi connectivity index (χ1v) is 7.07. The van der Waals surface area contributed by atoms with Gasteiger partial charge in [0, 0.05) is 24.8 Å². The van der Waals surface area contributed by atoms with Gasteiger partial charge in [-0.1, -0.05) is 6.07 Å². The van der Waals surface area contributed by atoms with Crippen molar-refractivity contribution >= 4 is 30.7 Å². The summed E-state index contributed by atoms with van der Waals surface area (Å²) in [6.07, 6.45) is -1.33. The van der Waals surface area contributed by atoms with Gasteiger partial charge in [-0.15, -0.1) is 24.8 Å². The van der Waals surface area contributed by atoms with Gasteiger partial charge in [0.05, 0.1) is 5.92 Å². The first-order chi connectivity index (χ1) is 10.5. The Morgan fingerprint density at radius 2 is 2.17 bits per heavy atom. The van der Waals surface area contributed by atoms with Crippen LogP contribution in [-0.4, -0.2) is 36.8 Å². The standard InChI is InChI=1S/C14H18F3N3O2.2ClH/c15-14(16,17)9-22-13-11(4-2-6-19-13)8-20-12(21)10-3-1-5-18-7-10;;/h2,4,6,10,18H,1,3,5,7-9H2,(H,20,21);2*1H. The number of nitrogens with one attached hydrogen (secondary N) is 2. The molecule has 0 radical (unpaired) electrons. The molecule has 1 aliphatic heterocycles. The van der Waals surface area contributed by atoms with Gasteiger partial charge in [0.2, 0.25) is 11.8 Å². The Bertz CT molecular complexity index is 512. The number of hydrogen-bond acceptors (Lipinski definition) is 4. The minimum absolute atomic E-state index is 0. The second kappa shape index (κ2) is 10.6. The second-order valence-electron chi connectivity index (χ2n) is 5.13. The number of carbonyl (C=O) groups excluding carboxylic acids is 1. The molecule has 1 saturated heterocycles. The molecule has 0 aliphatic carbocycles. The zero-order chi connectivity index (χ0) is 16.0. The summed E-state index contributed by atoms with van der Waals surface area (Å²) in [7, 11) is 0. The minimum Gasteiger partial charge on any atom is -0.468 e. The van der Waals surface area contributed by atoms with Crippen molar-refractivity contribution in [1.29, 1.82) is 0 Å². The van der Waals surface area contributed by atoms with Crippen LogP contribution in [0.3, 0.4) is 0 Å². The van der Waals surface area contributed by atoms with Crippen molar-refractivity contribution in [3.63, 3.8) is 0 Å². The number of rotatable bonds is 5. The van der Waals surface area contributed by atoms with Gasteiger partial charge in [-0.3, -0.25) is 4.79 Å². The van der Waals surface area contributed by atoms with Gasteiger partial charge in [0.1, 0.15) is 0 Å². The Balaban J connectivity index is 0.00000264. The summed E-state index contributed by atoms with van der Waals surface area (Å²) < 4.78 is 41.3. The first-order valence-electron chi connectivity index (χ1n) is 7.07. The summed E-state index contributed by atoms with van der Waals surface area (Å²) >= 11 is 0. The number of nitrogens with zero attached hydrogens (tertiary/aromatic N) is 1. The summed E-state index contributed by atoms with van der Waals surface area (Å²) in [5, 5.41) is 5.87. The molecule has 1 aliphatic rings. The average Bonchev–Trinajstić information content (AvgIpc) is 2.51. The number of ether oxygens (including phenoxy) is 1. The molecule has 5 nitrogen and oxygen atoms in total. The maximum Gasteiger partial charge on any atom is 0.422 e. The number of alkyl halides is 3. The van der Waals surface area contributed by atoms with E-state index in [1.165, 1.54) is 6.20 Å². The number of piperidine rings is 1. The van der Waals surface area contributed by atoms with E-state index in [0.29, 0.717) is 12.1 Å². The van der Waals surface area contributed by atoms with Gasteiger partial charge in [-0.25, -0.2) is 4.98 Å². The number of hydrogen-bond donors (Lipinski definition) is 2. The molecule has 2 heterocycles. The van der Waals surface area contributed by atoms with E-state index in [2.05, 4.69) is 20.4 Å². The summed E-state index contributed by atoms with van der Waals surface area (Å²) in [6, 6.07) is 3.17. The van der Waals surface area contributed by atoms with Crippen LogP contribution < -0.4 is 15.4 Å². The third-order valence-electron chi connectivity index (χ3n) is 3.34. The lowest BCUT2D eigenvalue weighted by Gasteiger charge is -2.22. The highest BCUT2D eigenvalue weighted by atomic mass is 35.5. The number of amides is 1. The number of aromatic nitrogens is 1. The molecular weight excluding hydrogens is 370 g/mol. The fraction of sp³-hybridized carbons (Fsp3) is 0.571. The Hall–Kier alpha value is -1.25. The van der Waals surface area contributed by atoms with Crippen molar-refractivity contribution in [2.45, 2.75) is 25.6 Å². The quantitative estimate of drug-likeness (QED) is 0.811. The smallest absolute Gasteiger partial charge is 0.422 e. The van der Waals surface area contributed by atoms with E-state index in [1.54, 1.807) is 12.1 Å². The van der Waals surface area contributed by atoms with Gasteiger partial charge >= 0.3 is 6.18 Å². The number of pyridine rings is 1. The third kappa shape index (κ3) is 7.55. The molecule has 1 fully saturated rings.